The van der Waals surface area contributed by atoms with Crippen molar-refractivity contribution in [1.29, 1.82) is 0 Å². The van der Waals surface area contributed by atoms with Crippen LogP contribution in [-0.2, 0) is 11.3 Å². The molecule has 3 N–H and O–H groups in total. The van der Waals surface area contributed by atoms with Crippen LogP contribution in [0.2, 0.25) is 0 Å². The maximum atomic E-state index is 15.2. The van der Waals surface area contributed by atoms with E-state index in [9.17, 15) is 15.0 Å². The highest BCUT2D eigenvalue weighted by Crippen LogP contribution is 2.33. The van der Waals surface area contributed by atoms with Crippen LogP contribution in [0.1, 0.15) is 56.0 Å². The van der Waals surface area contributed by atoms with Crippen molar-refractivity contribution < 1.29 is 19.3 Å². The molecule has 0 bridgehead atoms. The molecule has 0 radical (unpaired) electrons. The van der Waals surface area contributed by atoms with Crippen molar-refractivity contribution in [2.75, 3.05) is 31.6 Å². The van der Waals surface area contributed by atoms with E-state index < -0.39 is 11.9 Å². The first-order valence-corrected chi connectivity index (χ1v) is 13.8. The largest absolute Gasteiger partial charge is 0.392 e. The Kier molecular flexibility index (Phi) is 8.00. The quantitative estimate of drug-likeness (QED) is 0.438. The third-order valence-electron chi connectivity index (χ3n) is 7.99. The average Bonchev–Trinajstić information content (AvgIpc) is 2.90. The molecule has 2 aliphatic rings. The van der Waals surface area contributed by atoms with Gasteiger partial charge in [-0.15, -0.1) is 0 Å². The minimum atomic E-state index is -0.707. The van der Waals surface area contributed by atoms with Gasteiger partial charge in [0, 0.05) is 47.9 Å². The fourth-order valence-corrected chi connectivity index (χ4v) is 5.93. The van der Waals surface area contributed by atoms with Gasteiger partial charge in [-0.05, 0) is 65.1 Å². The number of aryl methyl sites for hydroxylation is 1. The van der Waals surface area contributed by atoms with Crippen molar-refractivity contribution in [3.8, 4) is 11.3 Å². The lowest BCUT2D eigenvalue weighted by atomic mass is 9.97. The number of aromatic nitrogens is 3. The number of benzene rings is 1. The van der Waals surface area contributed by atoms with E-state index in [1.807, 2.05) is 13.8 Å². The van der Waals surface area contributed by atoms with Gasteiger partial charge in [0.15, 0.2) is 11.2 Å². The monoisotopic (exact) mass is 539 g/mol. The number of nitrogens with zero attached hydrogens (tertiary/aromatic N) is 4. The van der Waals surface area contributed by atoms with Crippen LogP contribution in [0.4, 0.5) is 10.3 Å². The van der Waals surface area contributed by atoms with Gasteiger partial charge in [-0.25, -0.2) is 14.4 Å². The summed E-state index contributed by atoms with van der Waals surface area (Å²) in [4.78, 5) is 24.4. The molecular weight excluding hydrogens is 501 g/mol. The van der Waals surface area contributed by atoms with Gasteiger partial charge in [0.25, 0.3) is 0 Å². The molecule has 1 aromatic carbocycles. The molecular formula is C29H38FN5O4. The van der Waals surface area contributed by atoms with Crippen molar-refractivity contribution >= 4 is 16.9 Å². The van der Waals surface area contributed by atoms with Crippen LogP contribution in [0.3, 0.4) is 0 Å². The molecule has 0 saturated carbocycles. The van der Waals surface area contributed by atoms with Gasteiger partial charge in [0.2, 0.25) is 5.95 Å². The summed E-state index contributed by atoms with van der Waals surface area (Å²) in [6.07, 6.45) is 2.36. The second-order valence-corrected chi connectivity index (χ2v) is 11.1. The van der Waals surface area contributed by atoms with Crippen molar-refractivity contribution in [2.24, 2.45) is 0 Å². The lowest BCUT2D eigenvalue weighted by Gasteiger charge is -2.33. The molecule has 3 atom stereocenters. The normalized spacial score (nSPS) is 22.5. The predicted molar refractivity (Wildman–Crippen MR) is 148 cm³/mol. The Bertz CT molecular complexity index is 1430. The lowest BCUT2D eigenvalue weighted by molar-refractivity contribution is -0.0136. The number of halogens is 1. The summed E-state index contributed by atoms with van der Waals surface area (Å²) >= 11 is 0. The Morgan fingerprint density at radius 2 is 2.00 bits per heavy atom. The Morgan fingerprint density at radius 1 is 1.21 bits per heavy atom. The van der Waals surface area contributed by atoms with Gasteiger partial charge in [0.1, 0.15) is 5.69 Å². The second-order valence-electron chi connectivity index (χ2n) is 11.1. The van der Waals surface area contributed by atoms with Gasteiger partial charge >= 0.3 is 0 Å². The number of pyridine rings is 1. The molecule has 0 unspecified atom stereocenters. The number of likely N-dealkylation sites (tertiary alicyclic amines) is 1. The zero-order chi connectivity index (χ0) is 27.8. The van der Waals surface area contributed by atoms with E-state index >= 15 is 4.39 Å². The molecule has 2 fully saturated rings. The fraction of sp³-hybridized carbons (Fsp3) is 0.552. The number of aliphatic hydroxyl groups excluding tert-OH is 2. The number of hydrogen-bond donors (Lipinski definition) is 3. The van der Waals surface area contributed by atoms with E-state index in [0.717, 1.165) is 42.4 Å². The molecule has 10 heteroatoms. The number of aliphatic hydroxyl groups is 2. The summed E-state index contributed by atoms with van der Waals surface area (Å²) in [7, 11) is 0. The van der Waals surface area contributed by atoms with E-state index in [-0.39, 0.29) is 41.9 Å². The van der Waals surface area contributed by atoms with E-state index in [4.69, 9.17) is 4.74 Å². The van der Waals surface area contributed by atoms with Crippen LogP contribution in [0.15, 0.2) is 23.1 Å². The van der Waals surface area contributed by atoms with Crippen LogP contribution in [0, 0.1) is 19.7 Å². The highest BCUT2D eigenvalue weighted by Gasteiger charge is 2.26. The third-order valence-corrected chi connectivity index (χ3v) is 7.99. The number of fused-ring (bicyclic) bond motifs is 1. The molecule has 0 spiro atoms. The maximum absolute atomic E-state index is 15.2. The Morgan fingerprint density at radius 3 is 2.72 bits per heavy atom. The number of anilines is 1. The van der Waals surface area contributed by atoms with Crippen LogP contribution in [0.25, 0.3) is 22.2 Å². The average molecular weight is 540 g/mol. The topological polar surface area (TPSA) is 113 Å². The van der Waals surface area contributed by atoms with Gasteiger partial charge in [-0.1, -0.05) is 6.07 Å². The summed E-state index contributed by atoms with van der Waals surface area (Å²) in [6.45, 7) is 10.7. The summed E-state index contributed by atoms with van der Waals surface area (Å²) < 4.78 is 22.7. The van der Waals surface area contributed by atoms with Crippen molar-refractivity contribution in [3.63, 3.8) is 0 Å². The van der Waals surface area contributed by atoms with Gasteiger partial charge in [0.05, 0.1) is 36.6 Å². The Labute approximate surface area is 227 Å². The van der Waals surface area contributed by atoms with Gasteiger partial charge in [-0.3, -0.25) is 9.69 Å². The Balaban J connectivity index is 1.62. The van der Waals surface area contributed by atoms with E-state index in [2.05, 4.69) is 38.6 Å². The van der Waals surface area contributed by atoms with E-state index in [1.54, 1.807) is 12.1 Å². The number of β-amino-alcohol motifs (C(OH)–C–C–N with tert-alkyl or cyclic N) is 1. The number of ether oxygens (including phenoxy) is 1. The molecule has 2 aliphatic heterocycles. The molecule has 3 aromatic rings. The third kappa shape index (κ3) is 5.43. The molecule has 2 saturated heterocycles. The van der Waals surface area contributed by atoms with Crippen LogP contribution in [0.5, 0.6) is 0 Å². The van der Waals surface area contributed by atoms with E-state index in [1.165, 1.54) is 0 Å². The van der Waals surface area contributed by atoms with E-state index in [0.29, 0.717) is 42.6 Å². The highest BCUT2D eigenvalue weighted by molar-refractivity contribution is 5.89. The minimum absolute atomic E-state index is 0.0351. The second kappa shape index (κ2) is 11.3. The fourth-order valence-electron chi connectivity index (χ4n) is 5.93. The molecule has 210 valence electrons. The number of rotatable bonds is 6. The predicted octanol–water partition coefficient (Wildman–Crippen LogP) is 3.31. The summed E-state index contributed by atoms with van der Waals surface area (Å²) in [5.41, 5.74) is 3.80. The number of piperidine rings is 1. The smallest absolute Gasteiger partial charge is 0.223 e. The highest BCUT2D eigenvalue weighted by atomic mass is 19.1. The number of hydrogen-bond acceptors (Lipinski definition) is 8. The van der Waals surface area contributed by atoms with Gasteiger partial charge < -0.3 is 24.8 Å². The molecule has 4 heterocycles. The first kappa shape index (κ1) is 27.6. The standard InChI is InChI=1S/C29H38FN5O4/c1-16(2)35-24(14-34-10-5-6-19(36)13-34)18(4)28(38)21-8-7-20(17(3)27(21)35)26-22(30)12-31-29(33-26)32-23-9-11-39-15-25(23)37/h7-8,12,16,19,23,25,36-37H,5-6,9-11,13-15H2,1-4H3,(H,31,32,33)/t19-,23+,25+/m0/s1. The van der Waals surface area contributed by atoms with Crippen molar-refractivity contribution in [1.82, 2.24) is 19.4 Å². The van der Waals surface area contributed by atoms with Crippen molar-refractivity contribution in [3.05, 3.63) is 51.2 Å². The Hall–Kier alpha value is -2.92. The summed E-state index contributed by atoms with van der Waals surface area (Å²) in [5, 5.41) is 24.2. The van der Waals surface area contributed by atoms with Crippen LogP contribution < -0.4 is 10.7 Å². The molecule has 5 rings (SSSR count). The van der Waals surface area contributed by atoms with Crippen molar-refractivity contribution in [2.45, 2.75) is 77.8 Å². The first-order valence-electron chi connectivity index (χ1n) is 13.8. The first-order chi connectivity index (χ1) is 18.7. The lowest BCUT2D eigenvalue weighted by Crippen LogP contribution is -2.42. The zero-order valence-corrected chi connectivity index (χ0v) is 23.1. The SMILES string of the molecule is Cc1c(CN2CCC[C@H](O)C2)n(C(C)C)c2c(C)c(-c3nc(N[C@@H]4CCOC[C@H]4O)ncc3F)ccc2c1=O. The maximum Gasteiger partial charge on any atom is 0.223 e. The summed E-state index contributed by atoms with van der Waals surface area (Å²) in [5.74, 6) is -0.338. The zero-order valence-electron chi connectivity index (χ0n) is 23.1. The molecule has 9 nitrogen and oxygen atoms in total. The molecule has 39 heavy (non-hydrogen) atoms. The summed E-state index contributed by atoms with van der Waals surface area (Å²) in [6, 6.07) is 3.26. The van der Waals surface area contributed by atoms with Crippen LogP contribution >= 0.6 is 0 Å². The van der Waals surface area contributed by atoms with Gasteiger partial charge in [-0.2, -0.15) is 0 Å². The minimum Gasteiger partial charge on any atom is -0.392 e. The molecule has 0 amide bonds. The molecule has 0 aliphatic carbocycles. The van der Waals surface area contributed by atoms with Crippen LogP contribution in [-0.4, -0.2) is 74.2 Å². The molecule has 2 aromatic heterocycles. The number of nitrogens with one attached hydrogen (secondary N) is 1.